The van der Waals surface area contributed by atoms with Gasteiger partial charge in [0.15, 0.2) is 0 Å². The van der Waals surface area contributed by atoms with E-state index in [9.17, 15) is 4.79 Å². The maximum absolute atomic E-state index is 12.4. The molecule has 4 unspecified atom stereocenters. The third-order valence-electron chi connectivity index (χ3n) is 7.47. The van der Waals surface area contributed by atoms with Crippen molar-refractivity contribution in [2.75, 3.05) is 26.2 Å². The fraction of sp³-hybridized carbons (Fsp3) is 0.516. The molecular weight excluding hydrogens is 488 g/mol. The van der Waals surface area contributed by atoms with E-state index in [4.69, 9.17) is 9.72 Å². The Balaban J connectivity index is 0.000000168. The molecule has 4 atom stereocenters. The van der Waals surface area contributed by atoms with Gasteiger partial charge in [0.05, 0.1) is 22.1 Å². The Hall–Kier alpha value is -3.39. The highest BCUT2D eigenvalue weighted by Gasteiger charge is 2.32. The summed E-state index contributed by atoms with van der Waals surface area (Å²) in [5, 5.41) is 3.47. The van der Waals surface area contributed by atoms with E-state index >= 15 is 0 Å². The Morgan fingerprint density at radius 2 is 1.38 bits per heavy atom. The molecule has 2 saturated heterocycles. The molecule has 0 radical (unpaired) electrons. The van der Waals surface area contributed by atoms with Gasteiger partial charge in [0, 0.05) is 31.5 Å². The number of likely N-dealkylation sites (tertiary alicyclic amines) is 1. The molecule has 208 valence electrons. The van der Waals surface area contributed by atoms with E-state index in [1.165, 1.54) is 6.42 Å². The van der Waals surface area contributed by atoms with E-state index in [1.807, 2.05) is 62.1 Å². The Kier molecular flexibility index (Phi) is 7.93. The van der Waals surface area contributed by atoms with Gasteiger partial charge in [-0.1, -0.05) is 38.1 Å². The molecule has 4 heterocycles. The summed E-state index contributed by atoms with van der Waals surface area (Å²) in [6.45, 7) is 13.7. The summed E-state index contributed by atoms with van der Waals surface area (Å²) < 4.78 is 5.53. The van der Waals surface area contributed by atoms with Crippen molar-refractivity contribution in [1.29, 1.82) is 0 Å². The average Bonchev–Trinajstić information content (AvgIpc) is 3.52. The molecule has 8 heteroatoms. The summed E-state index contributed by atoms with van der Waals surface area (Å²) >= 11 is 0. The van der Waals surface area contributed by atoms with Gasteiger partial charge in [0.25, 0.3) is 0 Å². The zero-order valence-electron chi connectivity index (χ0n) is 23.8. The molecular formula is C31H42N6O2. The van der Waals surface area contributed by atoms with Crippen LogP contribution in [0.4, 0.5) is 4.79 Å². The highest BCUT2D eigenvalue weighted by Crippen LogP contribution is 2.31. The Morgan fingerprint density at radius 3 is 1.95 bits per heavy atom. The standard InChI is InChI=1S/C18H25N3O2.C13H17N3/c1-12-9-13(11-21(10-12)17(22)23-18(2,3)4)16-19-14-7-5-6-8-15(14)20-16;1-9-6-10(8-14-7-9)13-15-11-4-2-3-5-12(11)16-13/h5-8,12-13H,9-11H2,1-4H3,(H,19,20);2-5,9-10,14H,6-8H2,1H3,(H,15,16). The highest BCUT2D eigenvalue weighted by molar-refractivity contribution is 5.75. The van der Waals surface area contributed by atoms with Crippen LogP contribution in [0.3, 0.4) is 0 Å². The van der Waals surface area contributed by atoms with Crippen LogP contribution in [0.15, 0.2) is 48.5 Å². The molecule has 0 aliphatic carbocycles. The van der Waals surface area contributed by atoms with Crippen molar-refractivity contribution in [3.8, 4) is 0 Å². The number of nitrogens with zero attached hydrogens (tertiary/aromatic N) is 3. The van der Waals surface area contributed by atoms with Crippen molar-refractivity contribution in [2.45, 2.75) is 64.9 Å². The molecule has 0 saturated carbocycles. The third-order valence-corrected chi connectivity index (χ3v) is 7.47. The maximum Gasteiger partial charge on any atom is 0.410 e. The first-order valence-corrected chi connectivity index (χ1v) is 14.2. The van der Waals surface area contributed by atoms with E-state index in [1.54, 1.807) is 0 Å². The van der Waals surface area contributed by atoms with Crippen LogP contribution in [0, 0.1) is 11.8 Å². The van der Waals surface area contributed by atoms with Gasteiger partial charge >= 0.3 is 6.09 Å². The molecule has 6 rings (SSSR count). The second-order valence-electron chi connectivity index (χ2n) is 12.4. The van der Waals surface area contributed by atoms with Crippen LogP contribution >= 0.6 is 0 Å². The fourth-order valence-corrected chi connectivity index (χ4v) is 5.72. The van der Waals surface area contributed by atoms with Crippen LogP contribution in [0.5, 0.6) is 0 Å². The number of hydrogen-bond donors (Lipinski definition) is 3. The van der Waals surface area contributed by atoms with Gasteiger partial charge in [-0.3, -0.25) is 0 Å². The predicted octanol–water partition coefficient (Wildman–Crippen LogP) is 6.20. The Labute approximate surface area is 230 Å². The van der Waals surface area contributed by atoms with E-state index in [0.717, 1.165) is 65.7 Å². The molecule has 1 amide bonds. The Morgan fingerprint density at radius 1 is 0.821 bits per heavy atom. The van der Waals surface area contributed by atoms with Crippen LogP contribution in [0.1, 0.15) is 70.9 Å². The van der Waals surface area contributed by atoms with Gasteiger partial charge in [-0.2, -0.15) is 0 Å². The quantitative estimate of drug-likeness (QED) is 0.287. The molecule has 2 aliphatic heterocycles. The number of H-pyrrole nitrogens is 2. The lowest BCUT2D eigenvalue weighted by molar-refractivity contribution is 0.0149. The number of para-hydroxylation sites is 4. The molecule has 2 aliphatic rings. The first-order chi connectivity index (χ1) is 18.6. The van der Waals surface area contributed by atoms with Gasteiger partial charge in [-0.05, 0) is 76.3 Å². The first kappa shape index (κ1) is 27.2. The molecule has 2 aromatic carbocycles. The lowest BCUT2D eigenvalue weighted by atomic mass is 9.90. The number of hydrogen-bond acceptors (Lipinski definition) is 5. The molecule has 2 fully saturated rings. The summed E-state index contributed by atoms with van der Waals surface area (Å²) in [4.78, 5) is 30.4. The summed E-state index contributed by atoms with van der Waals surface area (Å²) in [5.74, 6) is 4.03. The number of rotatable bonds is 2. The zero-order valence-corrected chi connectivity index (χ0v) is 23.8. The predicted molar refractivity (Wildman–Crippen MR) is 156 cm³/mol. The second-order valence-corrected chi connectivity index (χ2v) is 12.4. The highest BCUT2D eigenvalue weighted by atomic mass is 16.6. The number of aromatic amines is 2. The number of benzene rings is 2. The van der Waals surface area contributed by atoms with E-state index < -0.39 is 5.60 Å². The average molecular weight is 531 g/mol. The minimum absolute atomic E-state index is 0.221. The first-order valence-electron chi connectivity index (χ1n) is 14.2. The van der Waals surface area contributed by atoms with Gasteiger partial charge < -0.3 is 24.9 Å². The van der Waals surface area contributed by atoms with Crippen molar-refractivity contribution in [3.63, 3.8) is 0 Å². The maximum atomic E-state index is 12.4. The molecule has 3 N–H and O–H groups in total. The molecule has 39 heavy (non-hydrogen) atoms. The normalized spacial score (nSPS) is 23.9. The van der Waals surface area contributed by atoms with Crippen LogP contribution in [-0.4, -0.2) is 62.7 Å². The molecule has 8 nitrogen and oxygen atoms in total. The monoisotopic (exact) mass is 530 g/mol. The number of ether oxygens (including phenoxy) is 1. The van der Waals surface area contributed by atoms with Gasteiger partial charge in [0.1, 0.15) is 17.2 Å². The lowest BCUT2D eigenvalue weighted by Gasteiger charge is -2.36. The van der Waals surface area contributed by atoms with E-state index in [-0.39, 0.29) is 12.0 Å². The number of carbonyl (C=O) groups excluding carboxylic acids is 1. The number of carbonyl (C=O) groups is 1. The number of piperidine rings is 2. The minimum atomic E-state index is -0.466. The summed E-state index contributed by atoms with van der Waals surface area (Å²) in [7, 11) is 0. The molecule has 2 aromatic heterocycles. The topological polar surface area (TPSA) is 98.9 Å². The molecule has 0 spiro atoms. The SMILES string of the molecule is CC1CC(c2nc3ccccc3[nH]2)CN(C(=O)OC(C)(C)C)C1.CC1CNCC(c2nc3ccccc3[nH]2)C1. The zero-order chi connectivity index (χ0) is 27.6. The summed E-state index contributed by atoms with van der Waals surface area (Å²) in [5.41, 5.74) is 3.78. The van der Waals surface area contributed by atoms with Crippen molar-refractivity contribution in [2.24, 2.45) is 11.8 Å². The van der Waals surface area contributed by atoms with E-state index in [0.29, 0.717) is 18.4 Å². The largest absolute Gasteiger partial charge is 0.444 e. The lowest BCUT2D eigenvalue weighted by Crippen LogP contribution is -2.45. The van der Waals surface area contributed by atoms with Crippen molar-refractivity contribution in [1.82, 2.24) is 30.2 Å². The fourth-order valence-electron chi connectivity index (χ4n) is 5.72. The number of amides is 1. The number of aromatic nitrogens is 4. The van der Waals surface area contributed by atoms with Gasteiger partial charge in [-0.25, -0.2) is 14.8 Å². The van der Waals surface area contributed by atoms with Crippen LogP contribution in [0.2, 0.25) is 0 Å². The number of nitrogens with one attached hydrogen (secondary N) is 3. The van der Waals surface area contributed by atoms with Crippen molar-refractivity contribution >= 4 is 28.2 Å². The summed E-state index contributed by atoms with van der Waals surface area (Å²) in [6.07, 6.45) is 2.02. The minimum Gasteiger partial charge on any atom is -0.444 e. The van der Waals surface area contributed by atoms with Crippen molar-refractivity contribution < 1.29 is 9.53 Å². The van der Waals surface area contributed by atoms with E-state index in [2.05, 4.69) is 46.2 Å². The van der Waals surface area contributed by atoms with Crippen molar-refractivity contribution in [3.05, 3.63) is 60.2 Å². The van der Waals surface area contributed by atoms with Crippen LogP contribution < -0.4 is 5.32 Å². The third kappa shape index (κ3) is 6.79. The van der Waals surface area contributed by atoms with Crippen LogP contribution in [-0.2, 0) is 4.74 Å². The van der Waals surface area contributed by atoms with Crippen LogP contribution in [0.25, 0.3) is 22.1 Å². The number of imidazole rings is 2. The molecule has 4 aromatic rings. The van der Waals surface area contributed by atoms with Gasteiger partial charge in [0.2, 0.25) is 0 Å². The second kappa shape index (κ2) is 11.4. The molecule has 0 bridgehead atoms. The summed E-state index contributed by atoms with van der Waals surface area (Å²) in [6, 6.07) is 16.3. The smallest absolute Gasteiger partial charge is 0.410 e. The Bertz CT molecular complexity index is 1340. The van der Waals surface area contributed by atoms with Gasteiger partial charge in [-0.15, -0.1) is 0 Å². The number of fused-ring (bicyclic) bond motifs is 2.